The smallest absolute Gasteiger partial charge is 0.277 e. The topological polar surface area (TPSA) is 80.4 Å². The van der Waals surface area contributed by atoms with Crippen molar-refractivity contribution in [2.75, 3.05) is 4.90 Å². The van der Waals surface area contributed by atoms with E-state index in [4.69, 9.17) is 4.42 Å². The van der Waals surface area contributed by atoms with Gasteiger partial charge in [0.2, 0.25) is 5.91 Å². The summed E-state index contributed by atoms with van der Waals surface area (Å²) >= 11 is 0. The molecule has 0 unspecified atom stereocenters. The average molecular weight is 469 g/mol. The first-order valence-corrected chi connectivity index (χ1v) is 11.6. The van der Waals surface area contributed by atoms with Gasteiger partial charge in [-0.25, -0.2) is 0 Å². The van der Waals surface area contributed by atoms with Crippen LogP contribution in [0, 0.1) is 20.8 Å². The van der Waals surface area contributed by atoms with E-state index < -0.39 is 5.54 Å². The number of furan rings is 1. The highest BCUT2D eigenvalue weighted by molar-refractivity contribution is 6.12. The minimum absolute atomic E-state index is 0.210. The van der Waals surface area contributed by atoms with Gasteiger partial charge < -0.3 is 9.73 Å². The fourth-order valence-electron chi connectivity index (χ4n) is 4.75. The Morgan fingerprint density at radius 1 is 1.06 bits per heavy atom. The molecule has 4 aromatic rings. The molecule has 2 aromatic carbocycles. The lowest BCUT2D eigenvalue weighted by Crippen LogP contribution is -2.64. The molecule has 1 aliphatic rings. The maximum atomic E-state index is 13.9. The Balaban J connectivity index is 1.56. The Labute approximate surface area is 204 Å². The van der Waals surface area contributed by atoms with Crippen molar-refractivity contribution >= 4 is 17.5 Å². The van der Waals surface area contributed by atoms with E-state index in [-0.39, 0.29) is 18.4 Å². The lowest BCUT2D eigenvalue weighted by molar-refractivity contribution is -0.126. The molecular formula is C28H28N4O3. The maximum Gasteiger partial charge on any atom is 0.277 e. The molecule has 1 aliphatic heterocycles. The first-order chi connectivity index (χ1) is 16.8. The zero-order chi connectivity index (χ0) is 24.7. The van der Waals surface area contributed by atoms with E-state index in [1.165, 1.54) is 0 Å². The Bertz CT molecular complexity index is 1420. The van der Waals surface area contributed by atoms with E-state index in [0.717, 1.165) is 22.3 Å². The average Bonchev–Trinajstić information content (AvgIpc) is 3.49. The molecule has 0 radical (unpaired) electrons. The molecule has 35 heavy (non-hydrogen) atoms. The molecule has 7 heteroatoms. The van der Waals surface area contributed by atoms with Crippen LogP contribution < -0.4 is 10.2 Å². The van der Waals surface area contributed by atoms with Crippen LogP contribution >= 0.6 is 0 Å². The molecule has 1 N–H and O–H groups in total. The van der Waals surface area contributed by atoms with Crippen LogP contribution in [0.15, 0.2) is 71.3 Å². The van der Waals surface area contributed by atoms with Gasteiger partial charge in [0.1, 0.15) is 16.9 Å². The van der Waals surface area contributed by atoms with Crippen molar-refractivity contribution < 1.29 is 14.0 Å². The summed E-state index contributed by atoms with van der Waals surface area (Å²) in [5.41, 5.74) is 4.63. The number of rotatable bonds is 5. The number of carbonyl (C=O) groups excluding carboxylic acids is 2. The Morgan fingerprint density at radius 2 is 1.86 bits per heavy atom. The molecule has 2 aromatic heterocycles. The van der Waals surface area contributed by atoms with Crippen LogP contribution in [0.3, 0.4) is 0 Å². The summed E-state index contributed by atoms with van der Waals surface area (Å²) in [6.45, 7) is 8.36. The predicted octanol–water partition coefficient (Wildman–Crippen LogP) is 4.80. The third-order valence-electron chi connectivity index (χ3n) is 6.54. The van der Waals surface area contributed by atoms with E-state index in [9.17, 15) is 9.59 Å². The van der Waals surface area contributed by atoms with Crippen LogP contribution in [0.5, 0.6) is 0 Å². The highest BCUT2D eigenvalue weighted by atomic mass is 16.3. The minimum atomic E-state index is -1.19. The number of carbonyl (C=O) groups is 2. The van der Waals surface area contributed by atoms with Crippen molar-refractivity contribution in [2.24, 2.45) is 0 Å². The fraction of sp³-hybridized carbons (Fsp3) is 0.250. The number of amides is 2. The van der Waals surface area contributed by atoms with E-state index >= 15 is 0 Å². The lowest BCUT2D eigenvalue weighted by atomic mass is 9.92. The fourth-order valence-corrected chi connectivity index (χ4v) is 4.75. The Hall–Kier alpha value is -4.13. The molecular weight excluding hydrogens is 440 g/mol. The molecule has 178 valence electrons. The summed E-state index contributed by atoms with van der Waals surface area (Å²) in [7, 11) is 0. The van der Waals surface area contributed by atoms with Crippen molar-refractivity contribution in [3.8, 4) is 11.5 Å². The number of nitrogens with one attached hydrogen (secondary N) is 1. The zero-order valence-electron chi connectivity index (χ0n) is 20.3. The largest absolute Gasteiger partial charge is 0.463 e. The summed E-state index contributed by atoms with van der Waals surface area (Å²) in [5, 5.41) is 7.67. The summed E-state index contributed by atoms with van der Waals surface area (Å²) in [6.07, 6.45) is 1.57. The van der Waals surface area contributed by atoms with Gasteiger partial charge in [-0.1, -0.05) is 47.5 Å². The number of aryl methyl sites for hydroxylation is 3. The van der Waals surface area contributed by atoms with Crippen molar-refractivity contribution in [3.63, 3.8) is 0 Å². The molecule has 0 fully saturated rings. The van der Waals surface area contributed by atoms with Crippen LogP contribution in [0.4, 0.5) is 5.69 Å². The first-order valence-electron chi connectivity index (χ1n) is 11.6. The molecule has 3 heterocycles. The molecule has 0 spiro atoms. The first kappa shape index (κ1) is 22.7. The predicted molar refractivity (Wildman–Crippen MR) is 134 cm³/mol. The van der Waals surface area contributed by atoms with Gasteiger partial charge in [0, 0.05) is 18.3 Å². The van der Waals surface area contributed by atoms with Crippen LogP contribution in [0.2, 0.25) is 0 Å². The second-order valence-electron chi connectivity index (χ2n) is 9.43. The van der Waals surface area contributed by atoms with E-state index in [0.29, 0.717) is 29.4 Å². The summed E-state index contributed by atoms with van der Waals surface area (Å²) in [4.78, 5) is 29.3. The summed E-state index contributed by atoms with van der Waals surface area (Å²) in [6, 6.07) is 19.2. The number of benzene rings is 2. The second-order valence-corrected chi connectivity index (χ2v) is 9.43. The molecule has 1 atom stereocenters. The number of aromatic nitrogens is 2. The third-order valence-corrected chi connectivity index (χ3v) is 6.54. The third kappa shape index (κ3) is 4.03. The van der Waals surface area contributed by atoms with Crippen LogP contribution in [-0.4, -0.2) is 27.1 Å². The zero-order valence-corrected chi connectivity index (χ0v) is 20.3. The van der Waals surface area contributed by atoms with Gasteiger partial charge in [0.25, 0.3) is 5.91 Å². The van der Waals surface area contributed by atoms with Crippen LogP contribution in [0.25, 0.3) is 11.5 Å². The Morgan fingerprint density at radius 3 is 2.57 bits per heavy atom. The molecule has 0 saturated carbocycles. The van der Waals surface area contributed by atoms with E-state index in [1.807, 2.05) is 63.2 Å². The van der Waals surface area contributed by atoms with Crippen molar-refractivity contribution in [1.29, 1.82) is 0 Å². The highest BCUT2D eigenvalue weighted by Gasteiger charge is 2.49. The number of nitrogens with zero attached hydrogens (tertiary/aromatic N) is 3. The lowest BCUT2D eigenvalue weighted by Gasteiger charge is -2.43. The molecule has 0 aliphatic carbocycles. The number of anilines is 1. The van der Waals surface area contributed by atoms with Crippen molar-refractivity contribution in [1.82, 2.24) is 15.1 Å². The minimum Gasteiger partial charge on any atom is -0.463 e. The maximum absolute atomic E-state index is 13.9. The Kier molecular flexibility index (Phi) is 5.55. The molecule has 0 bridgehead atoms. The van der Waals surface area contributed by atoms with Gasteiger partial charge in [-0.2, -0.15) is 5.10 Å². The number of fused-ring (bicyclic) bond motifs is 1. The van der Waals surface area contributed by atoms with Crippen LogP contribution in [-0.2, 0) is 17.9 Å². The summed E-state index contributed by atoms with van der Waals surface area (Å²) < 4.78 is 7.11. The van der Waals surface area contributed by atoms with Crippen LogP contribution in [0.1, 0.15) is 39.7 Å². The van der Waals surface area contributed by atoms with E-state index in [2.05, 4.69) is 10.4 Å². The van der Waals surface area contributed by atoms with Gasteiger partial charge >= 0.3 is 0 Å². The number of hydrogen-bond donors (Lipinski definition) is 1. The van der Waals surface area contributed by atoms with Gasteiger partial charge in [0.05, 0.1) is 12.8 Å². The number of hydrogen-bond acceptors (Lipinski definition) is 4. The SMILES string of the molecule is Cc1cccc(CNC(=O)[C@]2(C)Cn3nc(-c4ccco4)cc3C(=O)N2c2ccc(C)cc2C)c1. The van der Waals surface area contributed by atoms with Gasteiger partial charge in [0.15, 0.2) is 5.76 Å². The van der Waals surface area contributed by atoms with Gasteiger partial charge in [-0.15, -0.1) is 0 Å². The highest BCUT2D eigenvalue weighted by Crippen LogP contribution is 2.36. The normalized spacial score (nSPS) is 17.4. The van der Waals surface area contributed by atoms with E-state index in [1.54, 1.807) is 41.0 Å². The summed E-state index contributed by atoms with van der Waals surface area (Å²) in [5.74, 6) is 0.0538. The quantitative estimate of drug-likeness (QED) is 0.456. The molecule has 2 amide bonds. The second kappa shape index (κ2) is 8.58. The van der Waals surface area contributed by atoms with Gasteiger partial charge in [-0.05, 0) is 57.0 Å². The van der Waals surface area contributed by atoms with Gasteiger partial charge in [-0.3, -0.25) is 19.2 Å². The standard InChI is InChI=1S/C28H28N4O3/c1-18-7-5-8-21(14-18)16-29-27(34)28(4)17-31-24(15-22(30-31)25-9-6-12-35-25)26(33)32(28)23-11-10-19(2)13-20(23)3/h5-15H,16-17H2,1-4H3,(H,29,34)/t28-/m0/s1. The molecule has 7 nitrogen and oxygen atoms in total. The van der Waals surface area contributed by atoms with Crippen molar-refractivity contribution in [3.05, 3.63) is 94.9 Å². The molecule has 5 rings (SSSR count). The monoisotopic (exact) mass is 468 g/mol. The van der Waals surface area contributed by atoms with Crippen molar-refractivity contribution in [2.45, 2.75) is 46.3 Å². The molecule has 0 saturated heterocycles.